The fourth-order valence-corrected chi connectivity index (χ4v) is 0. The van der Waals surface area contributed by atoms with Gasteiger partial charge in [-0.15, -0.1) is 5.10 Å². The topological polar surface area (TPSA) is 155 Å². The van der Waals surface area contributed by atoms with Crippen molar-refractivity contribution >= 4 is 11.9 Å². The predicted molar refractivity (Wildman–Crippen MR) is 41.7 cm³/mol. The van der Waals surface area contributed by atoms with Crippen molar-refractivity contribution in [1.82, 2.24) is 0 Å². The molecule has 0 saturated carbocycles. The smallest absolute Gasteiger partial charge is 0.208 e. The van der Waals surface area contributed by atoms with Crippen molar-refractivity contribution in [3.8, 4) is 0 Å². The molecule has 0 saturated heterocycles. The first-order chi connectivity index (χ1) is 4.54. The molecule has 0 aromatic heterocycles. The standard InChI is InChI=1S/C2H7N3.CH6N4/c1-5-2(3)4;2-1(3)5-4/h1H3,(H4,3,4,5);4H2,(H4,2,3,5). The highest BCUT2D eigenvalue weighted by molar-refractivity contribution is 5.75. The molecule has 0 heterocycles. The van der Waals surface area contributed by atoms with Crippen LogP contribution in [0, 0.1) is 0 Å². The van der Waals surface area contributed by atoms with Gasteiger partial charge in [0.2, 0.25) is 5.96 Å². The first-order valence-electron chi connectivity index (χ1n) is 2.31. The molecule has 10 heavy (non-hydrogen) atoms. The lowest BCUT2D eigenvalue weighted by molar-refractivity contribution is 1.21. The van der Waals surface area contributed by atoms with Gasteiger partial charge in [-0.2, -0.15) is 0 Å². The average Bonchev–Trinajstić information content (AvgIpc) is 1.89. The third-order valence-electron chi connectivity index (χ3n) is 0.407. The SMILES string of the molecule is CN=C(N)N.NN=C(N)N. The summed E-state index contributed by atoms with van der Waals surface area (Å²) in [7, 11) is 1.54. The second-order valence-electron chi connectivity index (χ2n) is 1.20. The van der Waals surface area contributed by atoms with Crippen LogP contribution < -0.4 is 28.8 Å². The fourth-order valence-electron chi connectivity index (χ4n) is 0. The van der Waals surface area contributed by atoms with Gasteiger partial charge >= 0.3 is 0 Å². The van der Waals surface area contributed by atoms with Gasteiger partial charge in [0.15, 0.2) is 5.96 Å². The third kappa shape index (κ3) is 33.0. The average molecular weight is 147 g/mol. The van der Waals surface area contributed by atoms with Crippen molar-refractivity contribution in [3.05, 3.63) is 0 Å². The van der Waals surface area contributed by atoms with Crippen LogP contribution in [0.4, 0.5) is 0 Å². The van der Waals surface area contributed by atoms with Gasteiger partial charge in [0.1, 0.15) is 0 Å². The molecule has 0 rings (SSSR count). The van der Waals surface area contributed by atoms with Crippen molar-refractivity contribution in [2.24, 2.45) is 38.9 Å². The minimum absolute atomic E-state index is 0.0926. The second kappa shape index (κ2) is 7.34. The monoisotopic (exact) mass is 147 g/mol. The maximum absolute atomic E-state index is 4.82. The molecule has 0 aromatic rings. The van der Waals surface area contributed by atoms with E-state index in [1.165, 1.54) is 7.05 Å². The summed E-state index contributed by atoms with van der Waals surface area (Å²) < 4.78 is 0. The van der Waals surface area contributed by atoms with E-state index in [9.17, 15) is 0 Å². The largest absolute Gasteiger partial charge is 0.370 e. The van der Waals surface area contributed by atoms with E-state index in [1.54, 1.807) is 0 Å². The Morgan fingerprint density at radius 2 is 1.20 bits per heavy atom. The van der Waals surface area contributed by atoms with Crippen LogP contribution in [0.5, 0.6) is 0 Å². The molecule has 0 aliphatic heterocycles. The lowest BCUT2D eigenvalue weighted by Crippen LogP contribution is -2.23. The van der Waals surface area contributed by atoms with Crippen molar-refractivity contribution in [1.29, 1.82) is 0 Å². The molecule has 0 amide bonds. The van der Waals surface area contributed by atoms with Gasteiger partial charge in [-0.25, -0.2) is 0 Å². The Balaban J connectivity index is 0. The molecule has 0 fully saturated rings. The van der Waals surface area contributed by atoms with Crippen molar-refractivity contribution in [3.63, 3.8) is 0 Å². The summed E-state index contributed by atoms with van der Waals surface area (Å²) in [4.78, 5) is 3.36. The molecule has 0 aromatic carbocycles. The highest BCUT2D eigenvalue weighted by Crippen LogP contribution is 1.40. The number of nitrogens with zero attached hydrogens (tertiary/aromatic N) is 2. The van der Waals surface area contributed by atoms with Gasteiger partial charge in [-0.3, -0.25) is 4.99 Å². The first kappa shape index (κ1) is 11.2. The number of guanidine groups is 2. The molecule has 0 radical (unpaired) electrons. The van der Waals surface area contributed by atoms with Crippen LogP contribution in [0.15, 0.2) is 10.1 Å². The van der Waals surface area contributed by atoms with Gasteiger partial charge in [-0.05, 0) is 0 Å². The van der Waals surface area contributed by atoms with Crippen LogP contribution in [-0.4, -0.2) is 19.0 Å². The van der Waals surface area contributed by atoms with Crippen LogP contribution in [0.3, 0.4) is 0 Å². The molecular weight excluding hydrogens is 134 g/mol. The summed E-state index contributed by atoms with van der Waals surface area (Å²) in [5.41, 5.74) is 19.0. The van der Waals surface area contributed by atoms with Crippen molar-refractivity contribution in [2.75, 3.05) is 7.05 Å². The van der Waals surface area contributed by atoms with Gasteiger partial charge in [0, 0.05) is 7.05 Å². The molecule has 7 heteroatoms. The molecule has 0 spiro atoms. The van der Waals surface area contributed by atoms with Gasteiger partial charge in [0.25, 0.3) is 0 Å². The van der Waals surface area contributed by atoms with Crippen molar-refractivity contribution in [2.45, 2.75) is 0 Å². The zero-order valence-electron chi connectivity index (χ0n) is 5.78. The molecule has 0 aliphatic rings. The summed E-state index contributed by atoms with van der Waals surface area (Å²) >= 11 is 0. The Morgan fingerprint density at radius 1 is 1.00 bits per heavy atom. The predicted octanol–water partition coefficient (Wildman–Crippen LogP) is -2.98. The number of hydrazone groups is 1. The Hall–Kier alpha value is -1.66. The van der Waals surface area contributed by atoms with E-state index < -0.39 is 0 Å². The first-order valence-corrected chi connectivity index (χ1v) is 2.31. The Labute approximate surface area is 58.9 Å². The van der Waals surface area contributed by atoms with Crippen LogP contribution in [-0.2, 0) is 0 Å². The summed E-state index contributed by atoms with van der Waals surface area (Å²) in [5, 5.41) is 2.86. The van der Waals surface area contributed by atoms with E-state index in [0.29, 0.717) is 0 Å². The van der Waals surface area contributed by atoms with E-state index in [1.807, 2.05) is 0 Å². The summed E-state index contributed by atoms with van der Waals surface area (Å²) in [6, 6.07) is 0. The summed E-state index contributed by atoms with van der Waals surface area (Å²) in [6.45, 7) is 0. The Kier molecular flexibility index (Phi) is 8.20. The van der Waals surface area contributed by atoms with E-state index in [-0.39, 0.29) is 11.9 Å². The summed E-state index contributed by atoms with van der Waals surface area (Å²) in [6.07, 6.45) is 0. The number of aliphatic imine (C=N–C) groups is 1. The molecular formula is C3H13N7. The van der Waals surface area contributed by atoms with Crippen LogP contribution in [0.1, 0.15) is 0 Å². The number of hydrogen-bond acceptors (Lipinski definition) is 3. The third-order valence-corrected chi connectivity index (χ3v) is 0.407. The number of nitrogens with two attached hydrogens (primary N) is 5. The number of rotatable bonds is 0. The van der Waals surface area contributed by atoms with Gasteiger partial charge in [0.05, 0.1) is 0 Å². The highest BCUT2D eigenvalue weighted by atomic mass is 15.2. The quantitative estimate of drug-likeness (QED) is 0.107. The van der Waals surface area contributed by atoms with Gasteiger partial charge in [-0.1, -0.05) is 0 Å². The van der Waals surface area contributed by atoms with E-state index in [2.05, 4.69) is 15.9 Å². The van der Waals surface area contributed by atoms with E-state index in [4.69, 9.17) is 22.9 Å². The lowest BCUT2D eigenvalue weighted by atomic mass is 11.1. The van der Waals surface area contributed by atoms with E-state index >= 15 is 0 Å². The van der Waals surface area contributed by atoms with Crippen LogP contribution in [0.2, 0.25) is 0 Å². The molecule has 0 unspecified atom stereocenters. The van der Waals surface area contributed by atoms with Crippen molar-refractivity contribution < 1.29 is 0 Å². The summed E-state index contributed by atoms with van der Waals surface area (Å²) in [5.74, 6) is 4.55. The highest BCUT2D eigenvalue weighted by Gasteiger charge is 1.62. The maximum atomic E-state index is 4.82. The van der Waals surface area contributed by atoms with Gasteiger partial charge < -0.3 is 28.8 Å². The Morgan fingerprint density at radius 3 is 1.20 bits per heavy atom. The molecule has 0 bridgehead atoms. The Bertz CT molecular complexity index is 101. The zero-order chi connectivity index (χ0) is 8.57. The second-order valence-corrected chi connectivity index (χ2v) is 1.20. The molecule has 0 atom stereocenters. The molecule has 10 N–H and O–H groups in total. The van der Waals surface area contributed by atoms with Crippen LogP contribution >= 0.6 is 0 Å². The van der Waals surface area contributed by atoms with Crippen LogP contribution in [0.25, 0.3) is 0 Å². The normalized spacial score (nSPS) is 6.50. The molecule has 7 nitrogen and oxygen atoms in total. The minimum Gasteiger partial charge on any atom is -0.370 e. The zero-order valence-corrected chi connectivity index (χ0v) is 5.78. The molecule has 0 aliphatic carbocycles. The fraction of sp³-hybridized carbons (Fsp3) is 0.333. The minimum atomic E-state index is -0.0926. The van der Waals surface area contributed by atoms with E-state index in [0.717, 1.165) is 0 Å². The number of hydrogen-bond donors (Lipinski definition) is 5. The maximum Gasteiger partial charge on any atom is 0.208 e. The molecule has 60 valence electrons. The lowest BCUT2D eigenvalue weighted by Gasteiger charge is -1.77.